The molecule has 0 aromatic heterocycles. The van der Waals surface area contributed by atoms with E-state index in [0.29, 0.717) is 12.5 Å². The van der Waals surface area contributed by atoms with Crippen molar-refractivity contribution < 1.29 is 36.2 Å². The molecular weight excluding hydrogens is 436 g/mol. The molecule has 0 spiro atoms. The summed E-state index contributed by atoms with van der Waals surface area (Å²) in [4.78, 5) is 13.0. The third-order valence-electron chi connectivity index (χ3n) is 5.08. The Kier molecular flexibility index (Phi) is 6.06. The van der Waals surface area contributed by atoms with Gasteiger partial charge in [0.1, 0.15) is 6.04 Å². The van der Waals surface area contributed by atoms with E-state index in [9.17, 15) is 36.2 Å². The highest BCUT2D eigenvalue weighted by Gasteiger charge is 2.42. The molecule has 1 N–H and O–H groups in total. The van der Waals surface area contributed by atoms with Gasteiger partial charge < -0.3 is 5.11 Å². The zero-order chi connectivity index (χ0) is 22.3. The maximum absolute atomic E-state index is 13.7. The predicted octanol–water partition coefficient (Wildman–Crippen LogP) is 6.02. The molecule has 3 nitrogen and oxygen atoms in total. The van der Waals surface area contributed by atoms with Gasteiger partial charge >= 0.3 is 18.3 Å². The van der Waals surface area contributed by atoms with Gasteiger partial charge in [0, 0.05) is 6.54 Å². The van der Waals surface area contributed by atoms with Crippen LogP contribution in [0.4, 0.5) is 26.3 Å². The summed E-state index contributed by atoms with van der Waals surface area (Å²) in [6.07, 6.45) is -9.02. The first-order valence-corrected chi connectivity index (χ1v) is 9.30. The fraction of sp³-hybridized carbons (Fsp3) is 0.350. The van der Waals surface area contributed by atoms with Gasteiger partial charge in [-0.3, -0.25) is 9.69 Å². The lowest BCUT2D eigenvalue weighted by atomic mass is 9.91. The second-order valence-electron chi connectivity index (χ2n) is 6.96. The van der Waals surface area contributed by atoms with Crippen molar-refractivity contribution in [2.45, 2.75) is 37.3 Å². The number of halogens is 7. The molecule has 0 saturated carbocycles. The third-order valence-corrected chi connectivity index (χ3v) is 5.41. The van der Waals surface area contributed by atoms with Crippen LogP contribution in [0, 0.1) is 0 Å². The number of carboxylic acid groups (broad SMARTS) is 1. The van der Waals surface area contributed by atoms with E-state index in [1.54, 1.807) is 0 Å². The fourth-order valence-corrected chi connectivity index (χ4v) is 4.06. The second kappa shape index (κ2) is 8.11. The summed E-state index contributed by atoms with van der Waals surface area (Å²) in [5.74, 6) is -1.24. The van der Waals surface area contributed by atoms with Gasteiger partial charge in [0.05, 0.1) is 22.2 Å². The Morgan fingerprint density at radius 3 is 2.27 bits per heavy atom. The van der Waals surface area contributed by atoms with Crippen LogP contribution in [-0.4, -0.2) is 28.6 Å². The minimum absolute atomic E-state index is 0.114. The van der Waals surface area contributed by atoms with Crippen molar-refractivity contribution in [2.24, 2.45) is 0 Å². The Morgan fingerprint density at radius 2 is 1.67 bits per heavy atom. The number of hydrogen-bond donors (Lipinski definition) is 1. The number of carboxylic acids is 1. The second-order valence-corrected chi connectivity index (χ2v) is 7.37. The molecule has 1 aliphatic heterocycles. The van der Waals surface area contributed by atoms with Gasteiger partial charge in [0.2, 0.25) is 0 Å². The minimum atomic E-state index is -4.82. The molecule has 1 fully saturated rings. The van der Waals surface area contributed by atoms with Crippen LogP contribution >= 0.6 is 11.6 Å². The number of likely N-dealkylation sites (tertiary alicyclic amines) is 1. The predicted molar refractivity (Wildman–Crippen MR) is 97.1 cm³/mol. The Bertz CT molecular complexity index is 944. The molecule has 2 aromatic rings. The van der Waals surface area contributed by atoms with Crippen LogP contribution in [-0.2, 0) is 17.1 Å². The molecule has 2 aromatic carbocycles. The molecule has 2 atom stereocenters. The summed E-state index contributed by atoms with van der Waals surface area (Å²) in [6, 6.07) is 4.89. The Morgan fingerprint density at radius 1 is 1.03 bits per heavy atom. The standard InChI is InChI=1S/C20H16ClF6NO2/c21-15-8-7-11(10-14(15)20(25,26)27)17(28-9-3-6-16(28)18(29)30)12-4-1-2-5-13(12)19(22,23)24/h1-2,4-5,7-8,10,16-17H,3,6,9H2,(H,29,30). The molecule has 1 aliphatic rings. The van der Waals surface area contributed by atoms with Crippen LogP contribution in [0.1, 0.15) is 41.1 Å². The molecule has 162 valence electrons. The molecule has 0 bridgehead atoms. The number of rotatable bonds is 4. The van der Waals surface area contributed by atoms with Gasteiger partial charge in [-0.2, -0.15) is 26.3 Å². The van der Waals surface area contributed by atoms with Crippen molar-refractivity contribution in [1.29, 1.82) is 0 Å². The number of aliphatic carboxylic acids is 1. The Balaban J connectivity index is 2.25. The van der Waals surface area contributed by atoms with Crippen LogP contribution in [0.15, 0.2) is 42.5 Å². The monoisotopic (exact) mass is 451 g/mol. The highest BCUT2D eigenvalue weighted by molar-refractivity contribution is 6.31. The van der Waals surface area contributed by atoms with Crippen LogP contribution in [0.2, 0.25) is 5.02 Å². The fourth-order valence-electron chi connectivity index (χ4n) is 3.84. The number of carbonyl (C=O) groups is 1. The maximum atomic E-state index is 13.7. The van der Waals surface area contributed by atoms with E-state index >= 15 is 0 Å². The van der Waals surface area contributed by atoms with E-state index in [1.165, 1.54) is 23.1 Å². The molecule has 0 amide bonds. The Labute approximate surface area is 172 Å². The summed E-state index contributed by atoms with van der Waals surface area (Å²) in [6.45, 7) is 0.123. The van der Waals surface area contributed by atoms with Crippen LogP contribution in [0.3, 0.4) is 0 Å². The summed E-state index contributed by atoms with van der Waals surface area (Å²) in [5, 5.41) is 8.93. The molecule has 3 rings (SSSR count). The topological polar surface area (TPSA) is 40.5 Å². The molecule has 10 heteroatoms. The first kappa shape index (κ1) is 22.4. The molecule has 30 heavy (non-hydrogen) atoms. The molecule has 0 aliphatic carbocycles. The van der Waals surface area contributed by atoms with Gasteiger partial charge in [0.25, 0.3) is 0 Å². The quantitative estimate of drug-likeness (QED) is 0.578. The van der Waals surface area contributed by atoms with E-state index < -0.39 is 46.6 Å². The van der Waals surface area contributed by atoms with Crippen LogP contribution in [0.5, 0.6) is 0 Å². The summed E-state index contributed by atoms with van der Waals surface area (Å²) < 4.78 is 81.1. The Hall–Kier alpha value is -2.26. The largest absolute Gasteiger partial charge is 0.480 e. The van der Waals surface area contributed by atoms with Gasteiger partial charge in [-0.05, 0) is 42.2 Å². The number of hydrogen-bond acceptors (Lipinski definition) is 2. The summed E-state index contributed by atoms with van der Waals surface area (Å²) in [5.41, 5.74) is -2.65. The molecule has 2 unspecified atom stereocenters. The highest BCUT2D eigenvalue weighted by atomic mass is 35.5. The summed E-state index contributed by atoms with van der Waals surface area (Å²) in [7, 11) is 0. The van der Waals surface area contributed by atoms with Gasteiger partial charge in [-0.1, -0.05) is 35.9 Å². The number of nitrogens with zero attached hydrogens (tertiary/aromatic N) is 1. The lowest BCUT2D eigenvalue weighted by molar-refractivity contribution is -0.143. The van der Waals surface area contributed by atoms with Crippen molar-refractivity contribution >= 4 is 17.6 Å². The lowest BCUT2D eigenvalue weighted by Crippen LogP contribution is -2.40. The van der Waals surface area contributed by atoms with E-state index in [1.807, 2.05) is 0 Å². The van der Waals surface area contributed by atoms with Crippen molar-refractivity contribution in [1.82, 2.24) is 4.90 Å². The van der Waals surface area contributed by atoms with E-state index in [-0.39, 0.29) is 24.1 Å². The third kappa shape index (κ3) is 4.41. The highest BCUT2D eigenvalue weighted by Crippen LogP contribution is 2.43. The zero-order valence-corrected chi connectivity index (χ0v) is 16.0. The van der Waals surface area contributed by atoms with E-state index in [2.05, 4.69) is 0 Å². The van der Waals surface area contributed by atoms with Crippen molar-refractivity contribution in [3.05, 3.63) is 69.7 Å². The average molecular weight is 452 g/mol. The van der Waals surface area contributed by atoms with Gasteiger partial charge in [-0.15, -0.1) is 0 Å². The van der Waals surface area contributed by atoms with Crippen molar-refractivity contribution in [2.75, 3.05) is 6.54 Å². The average Bonchev–Trinajstić information content (AvgIpc) is 3.11. The number of alkyl halides is 6. The first-order valence-electron chi connectivity index (χ1n) is 8.92. The van der Waals surface area contributed by atoms with E-state index in [0.717, 1.165) is 18.2 Å². The van der Waals surface area contributed by atoms with E-state index in [4.69, 9.17) is 11.6 Å². The molecule has 0 radical (unpaired) electrons. The van der Waals surface area contributed by atoms with Crippen molar-refractivity contribution in [3.63, 3.8) is 0 Å². The maximum Gasteiger partial charge on any atom is 0.417 e. The molecule has 1 heterocycles. The van der Waals surface area contributed by atoms with Gasteiger partial charge in [-0.25, -0.2) is 0 Å². The minimum Gasteiger partial charge on any atom is -0.480 e. The molecular formula is C20H16ClF6NO2. The van der Waals surface area contributed by atoms with Gasteiger partial charge in [0.15, 0.2) is 0 Å². The van der Waals surface area contributed by atoms with Crippen molar-refractivity contribution in [3.8, 4) is 0 Å². The number of benzene rings is 2. The molecule has 1 saturated heterocycles. The SMILES string of the molecule is O=C(O)C1CCCN1C(c1ccc(Cl)c(C(F)(F)F)c1)c1ccccc1C(F)(F)F. The summed E-state index contributed by atoms with van der Waals surface area (Å²) >= 11 is 5.67. The normalized spacial score (nSPS) is 19.1. The van der Waals surface area contributed by atoms with Crippen LogP contribution < -0.4 is 0 Å². The first-order chi connectivity index (χ1) is 13.9. The lowest BCUT2D eigenvalue weighted by Gasteiger charge is -2.34. The smallest absolute Gasteiger partial charge is 0.417 e. The zero-order valence-electron chi connectivity index (χ0n) is 15.3. The van der Waals surface area contributed by atoms with Crippen LogP contribution in [0.25, 0.3) is 0 Å².